The lowest BCUT2D eigenvalue weighted by atomic mass is 10.2. The highest BCUT2D eigenvalue weighted by molar-refractivity contribution is 6.03. The van der Waals surface area contributed by atoms with Gasteiger partial charge in [0.15, 0.2) is 5.65 Å². The van der Waals surface area contributed by atoms with Gasteiger partial charge in [0, 0.05) is 11.8 Å². The first-order valence-corrected chi connectivity index (χ1v) is 7.74. The molecule has 4 aromatic rings. The van der Waals surface area contributed by atoms with Crippen LogP contribution in [0.4, 0.5) is 5.95 Å². The predicted octanol–water partition coefficient (Wildman–Crippen LogP) is 3.77. The van der Waals surface area contributed by atoms with Crippen molar-refractivity contribution in [3.63, 3.8) is 0 Å². The van der Waals surface area contributed by atoms with Crippen LogP contribution in [0.3, 0.4) is 0 Å². The second-order valence-electron chi connectivity index (χ2n) is 5.35. The Kier molecular flexibility index (Phi) is 3.84. The van der Waals surface area contributed by atoms with Crippen molar-refractivity contribution in [3.8, 4) is 11.5 Å². The molecule has 1 N–H and O–H groups in total. The number of ether oxygens (including phenoxy) is 1. The van der Waals surface area contributed by atoms with E-state index in [1.807, 2.05) is 48.5 Å². The average Bonchev–Trinajstić information content (AvgIpc) is 3.06. The summed E-state index contributed by atoms with van der Waals surface area (Å²) in [7, 11) is 0. The van der Waals surface area contributed by atoms with E-state index in [4.69, 9.17) is 4.74 Å². The summed E-state index contributed by atoms with van der Waals surface area (Å²) in [6.45, 7) is 0. The topological polar surface area (TPSA) is 68.5 Å². The van der Waals surface area contributed by atoms with E-state index in [0.717, 1.165) is 5.75 Å². The first-order valence-electron chi connectivity index (χ1n) is 7.74. The van der Waals surface area contributed by atoms with E-state index in [2.05, 4.69) is 15.5 Å². The molecule has 0 saturated carbocycles. The van der Waals surface area contributed by atoms with Crippen LogP contribution in [0.25, 0.3) is 5.65 Å². The van der Waals surface area contributed by atoms with Gasteiger partial charge in [-0.3, -0.25) is 14.5 Å². The number of carbonyl (C=O) groups excluding carboxylic acids is 1. The van der Waals surface area contributed by atoms with Crippen LogP contribution in [-0.4, -0.2) is 20.5 Å². The Bertz CT molecular complexity index is 1010. The molecule has 0 unspecified atom stereocenters. The average molecular weight is 330 g/mol. The molecule has 122 valence electrons. The minimum Gasteiger partial charge on any atom is -0.457 e. The van der Waals surface area contributed by atoms with Crippen LogP contribution in [0.1, 0.15) is 10.4 Å². The Morgan fingerprint density at radius 1 is 0.840 bits per heavy atom. The molecule has 0 atom stereocenters. The zero-order valence-corrected chi connectivity index (χ0v) is 13.2. The normalized spacial score (nSPS) is 10.6. The molecule has 0 aliphatic rings. The Hall–Kier alpha value is -3.67. The number of nitrogens with one attached hydrogen (secondary N) is 1. The second kappa shape index (κ2) is 6.45. The third kappa shape index (κ3) is 3.18. The van der Waals surface area contributed by atoms with E-state index in [9.17, 15) is 4.79 Å². The van der Waals surface area contributed by atoms with E-state index in [-0.39, 0.29) is 5.91 Å². The van der Waals surface area contributed by atoms with Crippen molar-refractivity contribution in [1.82, 2.24) is 14.6 Å². The standard InChI is InChI=1S/C19H14N4O2/c24-18(20-19-22-21-17-8-4-5-13-23(17)19)14-9-11-16(12-10-14)25-15-6-2-1-3-7-15/h1-13H,(H,20,22,24). The van der Waals surface area contributed by atoms with Crippen molar-refractivity contribution in [3.05, 3.63) is 84.6 Å². The molecular weight excluding hydrogens is 316 g/mol. The van der Waals surface area contributed by atoms with Crippen molar-refractivity contribution in [2.45, 2.75) is 0 Å². The highest BCUT2D eigenvalue weighted by Crippen LogP contribution is 2.21. The summed E-state index contributed by atoms with van der Waals surface area (Å²) in [5.41, 5.74) is 1.18. The number of rotatable bonds is 4. The molecule has 2 aromatic heterocycles. The van der Waals surface area contributed by atoms with Crippen molar-refractivity contribution in [2.24, 2.45) is 0 Å². The van der Waals surface area contributed by atoms with Crippen LogP contribution in [0, 0.1) is 0 Å². The number of aromatic nitrogens is 3. The molecule has 2 aromatic carbocycles. The van der Waals surface area contributed by atoms with Crippen molar-refractivity contribution in [2.75, 3.05) is 5.32 Å². The van der Waals surface area contributed by atoms with Gasteiger partial charge in [0.1, 0.15) is 11.5 Å². The van der Waals surface area contributed by atoms with Gasteiger partial charge in [0.2, 0.25) is 5.95 Å². The summed E-state index contributed by atoms with van der Waals surface area (Å²) < 4.78 is 7.43. The number of hydrogen-bond acceptors (Lipinski definition) is 4. The molecule has 0 aliphatic heterocycles. The Labute approximate surface area is 143 Å². The summed E-state index contributed by atoms with van der Waals surface area (Å²) in [6.07, 6.45) is 1.79. The Morgan fingerprint density at radius 2 is 1.56 bits per heavy atom. The van der Waals surface area contributed by atoms with Gasteiger partial charge >= 0.3 is 0 Å². The molecular formula is C19H14N4O2. The number of nitrogens with zero attached hydrogens (tertiary/aromatic N) is 3. The van der Waals surface area contributed by atoms with E-state index in [1.165, 1.54) is 0 Å². The van der Waals surface area contributed by atoms with Gasteiger partial charge < -0.3 is 4.74 Å². The molecule has 0 radical (unpaired) electrons. The molecule has 0 saturated heterocycles. The van der Waals surface area contributed by atoms with Crippen molar-refractivity contribution < 1.29 is 9.53 Å². The molecule has 6 nitrogen and oxygen atoms in total. The van der Waals surface area contributed by atoms with Gasteiger partial charge in [-0.25, -0.2) is 0 Å². The molecule has 0 spiro atoms. The molecule has 1 amide bonds. The smallest absolute Gasteiger partial charge is 0.258 e. The van der Waals surface area contributed by atoms with Gasteiger partial charge in [-0.1, -0.05) is 24.3 Å². The SMILES string of the molecule is O=C(Nc1nnc2ccccn12)c1ccc(Oc2ccccc2)cc1. The zero-order chi connectivity index (χ0) is 17.1. The molecule has 4 rings (SSSR count). The number of hydrogen-bond donors (Lipinski definition) is 1. The number of benzene rings is 2. The highest BCUT2D eigenvalue weighted by atomic mass is 16.5. The molecule has 6 heteroatoms. The molecule has 0 aliphatic carbocycles. The molecule has 2 heterocycles. The number of para-hydroxylation sites is 1. The number of carbonyl (C=O) groups is 1. The maximum atomic E-state index is 12.4. The van der Waals surface area contributed by atoms with Crippen LogP contribution in [0.2, 0.25) is 0 Å². The molecule has 0 fully saturated rings. The number of pyridine rings is 1. The van der Waals surface area contributed by atoms with Crippen LogP contribution in [0.15, 0.2) is 79.0 Å². The van der Waals surface area contributed by atoms with Crippen LogP contribution < -0.4 is 10.1 Å². The number of anilines is 1. The van der Waals surface area contributed by atoms with E-state index >= 15 is 0 Å². The maximum absolute atomic E-state index is 12.4. The van der Waals surface area contributed by atoms with Gasteiger partial charge in [0.25, 0.3) is 5.91 Å². The summed E-state index contributed by atoms with van der Waals surface area (Å²) >= 11 is 0. The lowest BCUT2D eigenvalue weighted by Gasteiger charge is -2.07. The highest BCUT2D eigenvalue weighted by Gasteiger charge is 2.11. The van der Waals surface area contributed by atoms with Crippen LogP contribution in [0.5, 0.6) is 11.5 Å². The Balaban J connectivity index is 1.49. The second-order valence-corrected chi connectivity index (χ2v) is 5.35. The Morgan fingerprint density at radius 3 is 2.36 bits per heavy atom. The number of amides is 1. The lowest BCUT2D eigenvalue weighted by Crippen LogP contribution is -2.14. The zero-order valence-electron chi connectivity index (χ0n) is 13.2. The first kappa shape index (κ1) is 14.9. The summed E-state index contributed by atoms with van der Waals surface area (Å²) in [5, 5.41) is 10.8. The fraction of sp³-hybridized carbons (Fsp3) is 0. The van der Waals surface area contributed by atoms with Crippen molar-refractivity contribution >= 4 is 17.5 Å². The van der Waals surface area contributed by atoms with Crippen LogP contribution >= 0.6 is 0 Å². The predicted molar refractivity (Wildman–Crippen MR) is 93.9 cm³/mol. The maximum Gasteiger partial charge on any atom is 0.258 e. The lowest BCUT2D eigenvalue weighted by molar-refractivity contribution is 0.102. The third-order valence-electron chi connectivity index (χ3n) is 3.63. The van der Waals surface area contributed by atoms with E-state index < -0.39 is 0 Å². The minimum atomic E-state index is -0.260. The minimum absolute atomic E-state index is 0.260. The van der Waals surface area contributed by atoms with Crippen molar-refractivity contribution in [1.29, 1.82) is 0 Å². The monoisotopic (exact) mass is 330 g/mol. The van der Waals surface area contributed by atoms with Gasteiger partial charge in [-0.05, 0) is 48.5 Å². The quantitative estimate of drug-likeness (QED) is 0.618. The number of fused-ring (bicyclic) bond motifs is 1. The summed E-state index contributed by atoms with van der Waals surface area (Å²) in [6, 6.07) is 21.9. The fourth-order valence-corrected chi connectivity index (χ4v) is 2.40. The van der Waals surface area contributed by atoms with E-state index in [0.29, 0.717) is 22.9 Å². The van der Waals surface area contributed by atoms with Gasteiger partial charge in [-0.15, -0.1) is 10.2 Å². The largest absolute Gasteiger partial charge is 0.457 e. The fourth-order valence-electron chi connectivity index (χ4n) is 2.40. The van der Waals surface area contributed by atoms with Gasteiger partial charge in [0.05, 0.1) is 0 Å². The first-order chi connectivity index (χ1) is 12.3. The third-order valence-corrected chi connectivity index (χ3v) is 3.63. The molecule has 25 heavy (non-hydrogen) atoms. The van der Waals surface area contributed by atoms with E-state index in [1.54, 1.807) is 34.9 Å². The van der Waals surface area contributed by atoms with Crippen LogP contribution in [-0.2, 0) is 0 Å². The van der Waals surface area contributed by atoms with Gasteiger partial charge in [-0.2, -0.15) is 0 Å². The molecule has 0 bridgehead atoms. The summed E-state index contributed by atoms with van der Waals surface area (Å²) in [5.74, 6) is 1.53. The summed E-state index contributed by atoms with van der Waals surface area (Å²) in [4.78, 5) is 12.4.